The number of benzene rings is 1. The van der Waals surface area contributed by atoms with Gasteiger partial charge in [-0.2, -0.15) is 0 Å². The van der Waals surface area contributed by atoms with Crippen LogP contribution in [0.3, 0.4) is 0 Å². The van der Waals surface area contributed by atoms with Crippen molar-refractivity contribution < 1.29 is 4.79 Å². The number of aromatic nitrogens is 2. The second-order valence-electron chi connectivity index (χ2n) is 2.57. The lowest BCUT2D eigenvalue weighted by molar-refractivity contribution is 0.108. The Morgan fingerprint density at radius 1 is 1.54 bits per heavy atom. The van der Waals surface area contributed by atoms with Gasteiger partial charge in [0.2, 0.25) is 0 Å². The van der Waals surface area contributed by atoms with Crippen molar-refractivity contribution in [1.29, 1.82) is 0 Å². The molecule has 13 heavy (non-hydrogen) atoms. The predicted molar refractivity (Wildman–Crippen MR) is 53.5 cm³/mol. The number of carbonyl (C=O) groups excluding carboxylic acids is 1. The minimum absolute atomic E-state index is 0.439. The summed E-state index contributed by atoms with van der Waals surface area (Å²) in [6.45, 7) is 0. The molecule has 5 heteroatoms. The maximum Gasteiger partial charge on any atom is 0.252 e. The Kier molecular flexibility index (Phi) is 2.01. The van der Waals surface area contributed by atoms with E-state index in [0.717, 1.165) is 5.52 Å². The van der Waals surface area contributed by atoms with E-state index < -0.39 is 5.24 Å². The number of imidazole rings is 1. The highest BCUT2D eigenvalue weighted by atomic mass is 35.5. The summed E-state index contributed by atoms with van der Waals surface area (Å²) in [7, 11) is 0. The Morgan fingerprint density at radius 2 is 2.31 bits per heavy atom. The normalized spacial score (nSPS) is 10.6. The van der Waals surface area contributed by atoms with Crippen molar-refractivity contribution in [2.45, 2.75) is 5.16 Å². The van der Waals surface area contributed by atoms with Gasteiger partial charge in [-0.1, -0.05) is 0 Å². The molecule has 0 unspecified atom stereocenters. The average molecular weight is 213 g/mol. The summed E-state index contributed by atoms with van der Waals surface area (Å²) in [5.74, 6) is 0. The number of H-pyrrole nitrogens is 1. The molecule has 0 atom stereocenters. The molecule has 0 bridgehead atoms. The SMILES string of the molecule is O=C(Cl)c1ccc2[nH]c(S)nc2c1. The molecule has 1 heterocycles. The first kappa shape index (κ1) is 8.59. The van der Waals surface area contributed by atoms with E-state index in [0.29, 0.717) is 16.2 Å². The molecule has 2 aromatic rings. The highest BCUT2D eigenvalue weighted by Gasteiger charge is 2.04. The van der Waals surface area contributed by atoms with E-state index in [4.69, 9.17) is 11.6 Å². The van der Waals surface area contributed by atoms with E-state index >= 15 is 0 Å². The van der Waals surface area contributed by atoms with Crippen LogP contribution in [0.25, 0.3) is 11.0 Å². The van der Waals surface area contributed by atoms with Crippen molar-refractivity contribution in [2.75, 3.05) is 0 Å². The number of hydrogen-bond donors (Lipinski definition) is 2. The fourth-order valence-corrected chi connectivity index (χ4v) is 1.46. The lowest BCUT2D eigenvalue weighted by Gasteiger charge is -1.91. The van der Waals surface area contributed by atoms with Crippen LogP contribution in [-0.4, -0.2) is 15.2 Å². The second-order valence-corrected chi connectivity index (χ2v) is 3.33. The molecule has 1 aromatic carbocycles. The van der Waals surface area contributed by atoms with E-state index in [1.165, 1.54) is 0 Å². The van der Waals surface area contributed by atoms with Crippen LogP contribution in [0.4, 0.5) is 0 Å². The first-order chi connectivity index (χ1) is 6.16. The number of hydrogen-bond acceptors (Lipinski definition) is 3. The number of nitrogens with one attached hydrogen (secondary N) is 1. The summed E-state index contributed by atoms with van der Waals surface area (Å²) in [4.78, 5) is 17.8. The maximum absolute atomic E-state index is 10.8. The lowest BCUT2D eigenvalue weighted by Crippen LogP contribution is -1.87. The predicted octanol–water partition coefficient (Wildman–Crippen LogP) is 2.23. The number of halogens is 1. The van der Waals surface area contributed by atoms with Crippen LogP contribution < -0.4 is 0 Å². The number of carbonyl (C=O) groups is 1. The first-order valence-corrected chi connectivity index (χ1v) is 4.38. The molecule has 0 amide bonds. The largest absolute Gasteiger partial charge is 0.333 e. The molecule has 2 rings (SSSR count). The average Bonchev–Trinajstić information content (AvgIpc) is 2.42. The van der Waals surface area contributed by atoms with E-state index in [1.54, 1.807) is 18.2 Å². The van der Waals surface area contributed by atoms with Gasteiger partial charge in [0.25, 0.3) is 5.24 Å². The van der Waals surface area contributed by atoms with Crippen LogP contribution in [0.1, 0.15) is 10.4 Å². The van der Waals surface area contributed by atoms with Crippen LogP contribution in [0.2, 0.25) is 0 Å². The van der Waals surface area contributed by atoms with Crippen molar-refractivity contribution in [3.05, 3.63) is 23.8 Å². The van der Waals surface area contributed by atoms with E-state index in [1.807, 2.05) is 0 Å². The van der Waals surface area contributed by atoms with Gasteiger partial charge in [0.05, 0.1) is 11.0 Å². The molecule has 3 nitrogen and oxygen atoms in total. The molecule has 1 N–H and O–H groups in total. The van der Waals surface area contributed by atoms with Crippen LogP contribution in [0.5, 0.6) is 0 Å². The molecule has 0 aliphatic rings. The number of aromatic amines is 1. The van der Waals surface area contributed by atoms with E-state index in [-0.39, 0.29) is 0 Å². The monoisotopic (exact) mass is 212 g/mol. The zero-order valence-corrected chi connectivity index (χ0v) is 8.06. The molecule has 0 saturated carbocycles. The highest BCUT2D eigenvalue weighted by Crippen LogP contribution is 2.16. The molecule has 66 valence electrons. The summed E-state index contributed by atoms with van der Waals surface area (Å²) < 4.78 is 0. The summed E-state index contributed by atoms with van der Waals surface area (Å²) in [6.07, 6.45) is 0. The summed E-state index contributed by atoms with van der Waals surface area (Å²) in [5, 5.41) is 0.0415. The molecule has 0 spiro atoms. The third kappa shape index (κ3) is 1.55. The highest BCUT2D eigenvalue weighted by molar-refractivity contribution is 7.80. The third-order valence-electron chi connectivity index (χ3n) is 1.70. The lowest BCUT2D eigenvalue weighted by atomic mass is 10.2. The van der Waals surface area contributed by atoms with Crippen molar-refractivity contribution in [3.63, 3.8) is 0 Å². The standard InChI is InChI=1S/C8H5ClN2OS/c9-7(12)4-1-2-5-6(3-4)11-8(13)10-5/h1-3H,(H2,10,11,13). The van der Waals surface area contributed by atoms with Crippen LogP contribution in [0, 0.1) is 0 Å². The number of thiol groups is 1. The third-order valence-corrected chi connectivity index (χ3v) is 2.13. The van der Waals surface area contributed by atoms with Gasteiger partial charge >= 0.3 is 0 Å². The zero-order valence-electron chi connectivity index (χ0n) is 6.41. The molecule has 0 aliphatic heterocycles. The van der Waals surface area contributed by atoms with Crippen LogP contribution in [-0.2, 0) is 0 Å². The number of fused-ring (bicyclic) bond motifs is 1. The van der Waals surface area contributed by atoms with Crippen molar-refractivity contribution in [2.24, 2.45) is 0 Å². The first-order valence-electron chi connectivity index (χ1n) is 3.55. The minimum atomic E-state index is -0.481. The topological polar surface area (TPSA) is 45.8 Å². The van der Waals surface area contributed by atoms with Gasteiger partial charge in [-0.15, -0.1) is 12.6 Å². The summed E-state index contributed by atoms with van der Waals surface area (Å²) in [5.41, 5.74) is 1.97. The van der Waals surface area contributed by atoms with Crippen molar-refractivity contribution in [3.8, 4) is 0 Å². The van der Waals surface area contributed by atoms with Crippen LogP contribution >= 0.6 is 24.2 Å². The number of rotatable bonds is 1. The number of nitrogens with zero attached hydrogens (tertiary/aromatic N) is 1. The van der Waals surface area contributed by atoms with Gasteiger partial charge in [-0.05, 0) is 29.8 Å². The minimum Gasteiger partial charge on any atom is -0.333 e. The van der Waals surface area contributed by atoms with Gasteiger partial charge in [0, 0.05) is 5.56 Å². The zero-order chi connectivity index (χ0) is 9.42. The summed E-state index contributed by atoms with van der Waals surface area (Å²) in [6, 6.07) is 5.02. The van der Waals surface area contributed by atoms with Gasteiger partial charge in [-0.25, -0.2) is 4.98 Å². The maximum atomic E-state index is 10.8. The Balaban J connectivity index is 2.67. The molecular weight excluding hydrogens is 208 g/mol. The van der Waals surface area contributed by atoms with E-state index in [9.17, 15) is 4.79 Å². The summed E-state index contributed by atoms with van der Waals surface area (Å²) >= 11 is 9.36. The second kappa shape index (κ2) is 3.05. The Bertz CT molecular complexity index is 480. The van der Waals surface area contributed by atoms with Gasteiger partial charge in [0.1, 0.15) is 0 Å². The Hall–Kier alpha value is -1.00. The van der Waals surface area contributed by atoms with Crippen molar-refractivity contribution in [1.82, 2.24) is 9.97 Å². The molecule has 0 fully saturated rings. The Labute approximate surface area is 84.5 Å². The molecule has 0 aliphatic carbocycles. The molecule has 1 aromatic heterocycles. The molecular formula is C8H5ClN2OS. The Morgan fingerprint density at radius 3 is 3.00 bits per heavy atom. The smallest absolute Gasteiger partial charge is 0.252 e. The van der Waals surface area contributed by atoms with Gasteiger partial charge in [-0.3, -0.25) is 4.79 Å². The van der Waals surface area contributed by atoms with Gasteiger partial charge < -0.3 is 4.98 Å². The quantitative estimate of drug-likeness (QED) is 0.563. The fraction of sp³-hybridized carbons (Fsp3) is 0. The molecule has 0 radical (unpaired) electrons. The molecule has 0 saturated heterocycles. The van der Waals surface area contributed by atoms with Crippen LogP contribution in [0.15, 0.2) is 23.4 Å². The fourth-order valence-electron chi connectivity index (χ4n) is 1.11. The van der Waals surface area contributed by atoms with Gasteiger partial charge in [0.15, 0.2) is 5.16 Å². The van der Waals surface area contributed by atoms with E-state index in [2.05, 4.69) is 22.6 Å². The van der Waals surface area contributed by atoms with Crippen molar-refractivity contribution >= 4 is 40.5 Å².